The number of carbonyl (C=O) groups excluding carboxylic acids is 2. The maximum Gasteiger partial charge on any atom is 0.407 e. The summed E-state index contributed by atoms with van der Waals surface area (Å²) >= 11 is 0. The first-order valence-electron chi connectivity index (χ1n) is 10.7. The summed E-state index contributed by atoms with van der Waals surface area (Å²) in [6, 6.07) is 5.74. The molecule has 31 heavy (non-hydrogen) atoms. The quantitative estimate of drug-likeness (QED) is 0.764. The van der Waals surface area contributed by atoms with Gasteiger partial charge in [0.15, 0.2) is 0 Å². The van der Waals surface area contributed by atoms with Crippen molar-refractivity contribution in [2.45, 2.75) is 58.8 Å². The molecule has 1 aromatic heterocycles. The lowest BCUT2D eigenvalue weighted by molar-refractivity contribution is -0.117. The van der Waals surface area contributed by atoms with Gasteiger partial charge in [-0.25, -0.2) is 4.79 Å². The molecule has 1 aliphatic heterocycles. The standard InChI is InChI=1S/C23H33N5O3/c1-15(2)31-23(30)25-21-11-16(3)28(17(4)29)22-8-7-18(12-20(21)22)19-13-24-27(14-19)10-9-26(5)6/h7-8,12-16,21H,9-11H2,1-6H3,(H,25,30)/t16-,21+/m0/s1. The Morgan fingerprint density at radius 3 is 2.68 bits per heavy atom. The Labute approximate surface area is 184 Å². The molecule has 0 saturated carbocycles. The molecule has 0 bridgehead atoms. The average Bonchev–Trinajstić information content (AvgIpc) is 3.14. The minimum atomic E-state index is -0.448. The van der Waals surface area contributed by atoms with Gasteiger partial charge < -0.3 is 19.9 Å². The number of fused-ring (bicyclic) bond motifs is 1. The maximum atomic E-state index is 12.3. The lowest BCUT2D eigenvalue weighted by Gasteiger charge is -2.39. The van der Waals surface area contributed by atoms with Gasteiger partial charge in [-0.05, 0) is 64.5 Å². The van der Waals surface area contributed by atoms with Gasteiger partial charge in [0.2, 0.25) is 5.91 Å². The molecule has 168 valence electrons. The fourth-order valence-corrected chi connectivity index (χ4v) is 3.99. The van der Waals surface area contributed by atoms with Crippen LogP contribution < -0.4 is 10.2 Å². The summed E-state index contributed by atoms with van der Waals surface area (Å²) in [5.41, 5.74) is 3.73. The highest BCUT2D eigenvalue weighted by Crippen LogP contribution is 2.39. The van der Waals surface area contributed by atoms with Crippen LogP contribution in [0, 0.1) is 0 Å². The van der Waals surface area contributed by atoms with E-state index in [1.165, 1.54) is 0 Å². The van der Waals surface area contributed by atoms with Crippen LogP contribution in [0.15, 0.2) is 30.6 Å². The second-order valence-corrected chi connectivity index (χ2v) is 8.69. The van der Waals surface area contributed by atoms with E-state index in [4.69, 9.17) is 4.74 Å². The summed E-state index contributed by atoms with van der Waals surface area (Å²) in [6.07, 6.45) is 3.84. The van der Waals surface area contributed by atoms with Gasteiger partial charge in [0.1, 0.15) is 0 Å². The smallest absolute Gasteiger partial charge is 0.407 e. The van der Waals surface area contributed by atoms with E-state index < -0.39 is 6.09 Å². The topological polar surface area (TPSA) is 79.7 Å². The summed E-state index contributed by atoms with van der Waals surface area (Å²) in [5.74, 6) is -0.0128. The highest BCUT2D eigenvalue weighted by molar-refractivity contribution is 5.94. The molecule has 3 rings (SSSR count). The van der Waals surface area contributed by atoms with Crippen LogP contribution >= 0.6 is 0 Å². The average molecular weight is 428 g/mol. The molecule has 2 amide bonds. The molecule has 8 heteroatoms. The molecular weight excluding hydrogens is 394 g/mol. The first-order valence-corrected chi connectivity index (χ1v) is 10.7. The highest BCUT2D eigenvalue weighted by atomic mass is 16.6. The van der Waals surface area contributed by atoms with Crippen molar-refractivity contribution in [3.63, 3.8) is 0 Å². The highest BCUT2D eigenvalue weighted by Gasteiger charge is 2.33. The molecule has 2 atom stereocenters. The van der Waals surface area contributed by atoms with E-state index in [-0.39, 0.29) is 24.1 Å². The second-order valence-electron chi connectivity index (χ2n) is 8.69. The predicted octanol–water partition coefficient (Wildman–Crippen LogP) is 3.43. The van der Waals surface area contributed by atoms with Crippen LogP contribution in [0.4, 0.5) is 10.5 Å². The van der Waals surface area contributed by atoms with Gasteiger partial charge in [-0.1, -0.05) is 6.07 Å². The van der Waals surface area contributed by atoms with Crippen LogP contribution in [0.3, 0.4) is 0 Å². The minimum absolute atomic E-state index is 0.0128. The van der Waals surface area contributed by atoms with Crippen LogP contribution in [-0.4, -0.2) is 59.5 Å². The second kappa shape index (κ2) is 9.51. The molecule has 0 unspecified atom stereocenters. The van der Waals surface area contributed by atoms with Crippen LogP contribution in [-0.2, 0) is 16.1 Å². The van der Waals surface area contributed by atoms with Crippen molar-refractivity contribution in [3.05, 3.63) is 36.2 Å². The van der Waals surface area contributed by atoms with Crippen molar-refractivity contribution < 1.29 is 14.3 Å². The number of ether oxygens (including phenoxy) is 1. The molecule has 0 spiro atoms. The molecule has 0 fully saturated rings. The molecular formula is C23H33N5O3. The van der Waals surface area contributed by atoms with Gasteiger partial charge in [-0.15, -0.1) is 0 Å². The van der Waals surface area contributed by atoms with Gasteiger partial charge in [-0.2, -0.15) is 5.10 Å². The van der Waals surface area contributed by atoms with E-state index in [2.05, 4.69) is 15.3 Å². The Morgan fingerprint density at radius 1 is 1.29 bits per heavy atom. The van der Waals surface area contributed by atoms with E-state index in [0.29, 0.717) is 6.42 Å². The third-order valence-electron chi connectivity index (χ3n) is 5.40. The number of amides is 2. The van der Waals surface area contributed by atoms with Crippen molar-refractivity contribution in [1.29, 1.82) is 0 Å². The molecule has 0 saturated heterocycles. The van der Waals surface area contributed by atoms with Gasteiger partial charge >= 0.3 is 6.09 Å². The number of alkyl carbamates (subject to hydrolysis) is 1. The Bertz CT molecular complexity index is 937. The summed E-state index contributed by atoms with van der Waals surface area (Å²) in [7, 11) is 4.07. The Kier molecular flexibility index (Phi) is 7.00. The summed E-state index contributed by atoms with van der Waals surface area (Å²) in [4.78, 5) is 28.5. The normalized spacial score (nSPS) is 18.3. The third-order valence-corrected chi connectivity index (χ3v) is 5.40. The molecule has 1 aromatic carbocycles. The predicted molar refractivity (Wildman–Crippen MR) is 121 cm³/mol. The maximum absolute atomic E-state index is 12.3. The van der Waals surface area contributed by atoms with Crippen molar-refractivity contribution in [2.75, 3.05) is 25.5 Å². The van der Waals surface area contributed by atoms with Gasteiger partial charge in [0.25, 0.3) is 0 Å². The molecule has 1 aliphatic rings. The van der Waals surface area contributed by atoms with E-state index in [9.17, 15) is 9.59 Å². The number of anilines is 1. The van der Waals surface area contributed by atoms with Gasteiger partial charge in [-0.3, -0.25) is 9.48 Å². The summed E-state index contributed by atoms with van der Waals surface area (Å²) in [6.45, 7) is 8.92. The van der Waals surface area contributed by atoms with E-state index in [1.807, 2.05) is 70.1 Å². The number of benzene rings is 1. The fourth-order valence-electron chi connectivity index (χ4n) is 3.99. The zero-order valence-corrected chi connectivity index (χ0v) is 19.3. The van der Waals surface area contributed by atoms with Gasteiger partial charge in [0.05, 0.1) is 24.9 Å². The zero-order chi connectivity index (χ0) is 22.7. The zero-order valence-electron chi connectivity index (χ0n) is 19.3. The monoisotopic (exact) mass is 427 g/mol. The fraction of sp³-hybridized carbons (Fsp3) is 0.522. The molecule has 2 heterocycles. The SMILES string of the molecule is CC(=O)N1c2ccc(-c3cnn(CCN(C)C)c3)cc2[C@H](NC(=O)OC(C)C)C[C@@H]1C. The number of likely N-dealkylation sites (N-methyl/N-ethyl adjacent to an activating group) is 1. The number of nitrogens with zero attached hydrogens (tertiary/aromatic N) is 4. The lowest BCUT2D eigenvalue weighted by Crippen LogP contribution is -2.45. The van der Waals surface area contributed by atoms with E-state index in [1.54, 1.807) is 11.8 Å². The molecule has 1 N–H and O–H groups in total. The van der Waals surface area contributed by atoms with Crippen molar-refractivity contribution in [2.24, 2.45) is 0 Å². The number of hydrogen-bond acceptors (Lipinski definition) is 5. The van der Waals surface area contributed by atoms with Crippen LogP contribution in [0.25, 0.3) is 11.1 Å². The number of hydrogen-bond donors (Lipinski definition) is 1. The van der Waals surface area contributed by atoms with Crippen LogP contribution in [0.1, 0.15) is 45.7 Å². The number of rotatable bonds is 6. The first kappa shape index (κ1) is 22.8. The summed E-state index contributed by atoms with van der Waals surface area (Å²) in [5, 5.41) is 7.46. The van der Waals surface area contributed by atoms with Crippen LogP contribution in [0.5, 0.6) is 0 Å². The number of nitrogens with one attached hydrogen (secondary N) is 1. The van der Waals surface area contributed by atoms with Gasteiger partial charge in [0, 0.05) is 37.0 Å². The largest absolute Gasteiger partial charge is 0.447 e. The molecule has 2 aromatic rings. The van der Waals surface area contributed by atoms with Crippen molar-refractivity contribution in [3.8, 4) is 11.1 Å². The Hall–Kier alpha value is -2.87. The van der Waals surface area contributed by atoms with E-state index in [0.717, 1.165) is 35.5 Å². The van der Waals surface area contributed by atoms with Crippen LogP contribution in [0.2, 0.25) is 0 Å². The Balaban J connectivity index is 1.93. The van der Waals surface area contributed by atoms with Crippen molar-refractivity contribution in [1.82, 2.24) is 20.0 Å². The van der Waals surface area contributed by atoms with E-state index >= 15 is 0 Å². The molecule has 0 radical (unpaired) electrons. The van der Waals surface area contributed by atoms with Crippen molar-refractivity contribution >= 4 is 17.7 Å². The first-order chi connectivity index (χ1) is 14.7. The molecule has 0 aliphatic carbocycles. The number of carbonyl (C=O) groups is 2. The number of aromatic nitrogens is 2. The summed E-state index contributed by atoms with van der Waals surface area (Å²) < 4.78 is 7.22. The Morgan fingerprint density at radius 2 is 2.03 bits per heavy atom. The lowest BCUT2D eigenvalue weighted by atomic mass is 9.89. The third kappa shape index (κ3) is 5.44. The molecule has 8 nitrogen and oxygen atoms in total. The minimum Gasteiger partial charge on any atom is -0.447 e.